The third-order valence-electron chi connectivity index (χ3n) is 8.46. The van der Waals surface area contributed by atoms with E-state index in [4.69, 9.17) is 16.7 Å². The second kappa shape index (κ2) is 18.1. The van der Waals surface area contributed by atoms with Crippen molar-refractivity contribution in [3.8, 4) is 6.19 Å². The number of allylic oxidation sites excluding steroid dienone is 1. The molecule has 5 heteroatoms. The molecule has 0 radical (unpaired) electrons. The van der Waals surface area contributed by atoms with Crippen LogP contribution in [-0.4, -0.2) is 26.5 Å². The third-order valence-corrected chi connectivity index (χ3v) is 8.46. The first kappa shape index (κ1) is 34.0. The lowest BCUT2D eigenvalue weighted by atomic mass is 9.93. The highest BCUT2D eigenvalue weighted by Gasteiger charge is 2.18. The van der Waals surface area contributed by atoms with Gasteiger partial charge >= 0.3 is 0 Å². The first-order valence-corrected chi connectivity index (χ1v) is 16.3. The maximum atomic E-state index is 7.51. The minimum absolute atomic E-state index is 0.702. The highest BCUT2D eigenvalue weighted by Crippen LogP contribution is 2.35. The molecule has 4 aromatic carbocycles. The Kier molecular flexibility index (Phi) is 13.4. The van der Waals surface area contributed by atoms with E-state index >= 15 is 0 Å². The van der Waals surface area contributed by atoms with Gasteiger partial charge in [0.2, 0.25) is 0 Å². The van der Waals surface area contributed by atoms with Crippen molar-refractivity contribution < 1.29 is 0 Å². The van der Waals surface area contributed by atoms with Gasteiger partial charge in [-0.15, -0.1) is 0 Å². The van der Waals surface area contributed by atoms with Crippen LogP contribution in [0.5, 0.6) is 0 Å². The van der Waals surface area contributed by atoms with Crippen molar-refractivity contribution in [2.75, 3.05) is 20.6 Å². The van der Waals surface area contributed by atoms with E-state index in [0.717, 1.165) is 57.2 Å². The number of nitrogens with one attached hydrogen (secondary N) is 1. The molecule has 0 amide bonds. The van der Waals surface area contributed by atoms with Crippen molar-refractivity contribution in [1.29, 1.82) is 5.26 Å². The number of hydrogen-bond acceptors (Lipinski definition) is 4. The molecule has 5 N–H and O–H groups in total. The summed E-state index contributed by atoms with van der Waals surface area (Å²) in [6.07, 6.45) is 14.7. The van der Waals surface area contributed by atoms with Crippen LogP contribution >= 0.6 is 0 Å². The molecule has 0 aliphatic heterocycles. The molecule has 0 aromatic heterocycles. The van der Waals surface area contributed by atoms with E-state index in [1.165, 1.54) is 55.7 Å². The molecule has 6 rings (SSSR count). The molecule has 46 heavy (non-hydrogen) atoms. The number of hydrogen-bond donors (Lipinski definition) is 3. The van der Waals surface area contributed by atoms with Crippen LogP contribution in [0.25, 0.3) is 11.1 Å². The number of unbranched alkanes of at least 4 members (excludes halogenated alkanes) is 1. The van der Waals surface area contributed by atoms with Crippen molar-refractivity contribution in [2.24, 2.45) is 16.5 Å². The Hall–Kier alpha value is -4.92. The van der Waals surface area contributed by atoms with Gasteiger partial charge in [-0.1, -0.05) is 109 Å². The Morgan fingerprint density at radius 1 is 0.696 bits per heavy atom. The molecule has 236 valence electrons. The van der Waals surface area contributed by atoms with Gasteiger partial charge in [0.1, 0.15) is 0 Å². The number of nitriles is 1. The van der Waals surface area contributed by atoms with Crippen molar-refractivity contribution in [3.05, 3.63) is 154 Å². The van der Waals surface area contributed by atoms with Crippen LogP contribution in [0.4, 0.5) is 0 Å². The Bertz CT molecular complexity index is 1610. The lowest BCUT2D eigenvalue weighted by molar-refractivity contribution is 0.887. The quantitative estimate of drug-likeness (QED) is 0.0688. The van der Waals surface area contributed by atoms with Crippen molar-refractivity contribution in [2.45, 2.75) is 51.4 Å². The highest BCUT2D eigenvalue weighted by atomic mass is 14.8. The molecule has 0 saturated carbocycles. The Morgan fingerprint density at radius 2 is 1.04 bits per heavy atom. The van der Waals surface area contributed by atoms with E-state index in [1.807, 2.05) is 0 Å². The van der Waals surface area contributed by atoms with Gasteiger partial charge in [-0.2, -0.15) is 5.26 Å². The van der Waals surface area contributed by atoms with Gasteiger partial charge in [0.25, 0.3) is 0 Å². The molecule has 0 fully saturated rings. The zero-order chi connectivity index (χ0) is 32.6. The number of rotatable bonds is 6. The maximum Gasteiger partial charge on any atom is 0.176 e. The van der Waals surface area contributed by atoms with Crippen LogP contribution in [0.15, 0.2) is 114 Å². The van der Waals surface area contributed by atoms with Crippen LogP contribution < -0.4 is 16.8 Å². The predicted octanol–water partition coefficient (Wildman–Crippen LogP) is 7.63. The minimum Gasteiger partial charge on any atom is -0.387 e. The van der Waals surface area contributed by atoms with Crippen molar-refractivity contribution in [1.82, 2.24) is 5.32 Å². The number of fused-ring (bicyclic) bond motifs is 4. The molecule has 0 unspecified atom stereocenters. The summed E-state index contributed by atoms with van der Waals surface area (Å²) in [5, 5.41) is 9.75. The molecule has 0 bridgehead atoms. The summed E-state index contributed by atoms with van der Waals surface area (Å²) in [6.45, 7) is 0.702. The second-order valence-corrected chi connectivity index (χ2v) is 11.4. The molecular weight excluding hydrogens is 562 g/mol. The van der Waals surface area contributed by atoms with Gasteiger partial charge in [0.15, 0.2) is 6.19 Å². The predicted molar refractivity (Wildman–Crippen MR) is 194 cm³/mol. The lowest BCUT2D eigenvalue weighted by Crippen LogP contribution is -2.10. The van der Waals surface area contributed by atoms with Crippen LogP contribution in [0.3, 0.4) is 0 Å². The molecule has 4 aromatic rings. The summed E-state index contributed by atoms with van der Waals surface area (Å²) in [7, 11) is 3.32. The summed E-state index contributed by atoms with van der Waals surface area (Å²) in [6, 6.07) is 35.1. The molecule has 0 heterocycles. The van der Waals surface area contributed by atoms with E-state index in [0.29, 0.717) is 6.54 Å². The molecule has 0 spiro atoms. The van der Waals surface area contributed by atoms with Gasteiger partial charge in [-0.05, 0) is 107 Å². The molecule has 0 saturated heterocycles. The number of amidine groups is 1. The first-order chi connectivity index (χ1) is 22.6. The standard InChI is InChI=1S/C21H24N2.C18H19N.C2H4N2/c1-23-21(22)13-7-6-12-20-18-10-4-2-8-16(18)14-15-17-9-3-5-11-19(17)20;19-13-5-10-18-16-8-3-1-6-14(16)11-12-15-7-2-4-9-17(15)18;1-4-2-3/h2-5,8-12H,6-7,13-15H2,1H3,(H2,22,23);1-4,6-10H,5,11-13,19H2;4H,1H3. The van der Waals surface area contributed by atoms with E-state index in [2.05, 4.69) is 120 Å². The number of aliphatic imine (C=N–C) groups is 1. The summed E-state index contributed by atoms with van der Waals surface area (Å²) < 4.78 is 0. The SMILES string of the molecule is CN=C(N)CCCC=C1c2ccccc2CCc2ccccc21.CNC#N.NCCC=C1c2ccccc2CCc2ccccc21. The Balaban J connectivity index is 0.000000190. The smallest absolute Gasteiger partial charge is 0.176 e. The van der Waals surface area contributed by atoms with Gasteiger partial charge in [0.05, 0.1) is 5.84 Å². The van der Waals surface area contributed by atoms with Crippen molar-refractivity contribution in [3.63, 3.8) is 0 Å². The second-order valence-electron chi connectivity index (χ2n) is 11.4. The van der Waals surface area contributed by atoms with Crippen molar-refractivity contribution >= 4 is 17.0 Å². The summed E-state index contributed by atoms with van der Waals surface area (Å²) in [5.74, 6) is 0.741. The van der Waals surface area contributed by atoms with Crippen LogP contribution in [0, 0.1) is 11.5 Å². The number of nitrogens with zero attached hydrogens (tertiary/aromatic N) is 2. The minimum atomic E-state index is 0.702. The average molecular weight is 610 g/mol. The topological polar surface area (TPSA) is 100 Å². The Morgan fingerprint density at radius 3 is 1.37 bits per heavy atom. The van der Waals surface area contributed by atoms with E-state index in [9.17, 15) is 0 Å². The first-order valence-electron chi connectivity index (χ1n) is 16.3. The van der Waals surface area contributed by atoms with E-state index < -0.39 is 0 Å². The fourth-order valence-corrected chi connectivity index (χ4v) is 6.14. The summed E-state index contributed by atoms with van der Waals surface area (Å²) in [5.41, 5.74) is 25.5. The molecular formula is C41H47N5. The fraction of sp³-hybridized carbons (Fsp3) is 0.268. The lowest BCUT2D eigenvalue weighted by Gasteiger charge is -2.12. The van der Waals surface area contributed by atoms with Gasteiger partial charge in [-0.3, -0.25) is 4.99 Å². The molecule has 0 atom stereocenters. The maximum absolute atomic E-state index is 7.51. The van der Waals surface area contributed by atoms with Gasteiger partial charge < -0.3 is 16.8 Å². The van der Waals surface area contributed by atoms with Crippen LogP contribution in [-0.2, 0) is 25.7 Å². The number of aryl methyl sites for hydroxylation is 4. The number of nitrogens with two attached hydrogens (primary N) is 2. The highest BCUT2D eigenvalue weighted by molar-refractivity contribution is 5.85. The third kappa shape index (κ3) is 9.06. The average Bonchev–Trinajstić information content (AvgIpc) is 3.37. The normalized spacial score (nSPS) is 12.9. The zero-order valence-electron chi connectivity index (χ0n) is 27.3. The Labute approximate surface area is 275 Å². The monoisotopic (exact) mass is 609 g/mol. The van der Waals surface area contributed by atoms with Gasteiger partial charge in [-0.25, -0.2) is 0 Å². The summed E-state index contributed by atoms with van der Waals surface area (Å²) >= 11 is 0. The fourth-order valence-electron chi connectivity index (χ4n) is 6.14. The molecule has 2 aliphatic carbocycles. The van der Waals surface area contributed by atoms with E-state index in [-0.39, 0.29) is 0 Å². The van der Waals surface area contributed by atoms with Crippen LogP contribution in [0.2, 0.25) is 0 Å². The molecule has 2 aliphatic rings. The van der Waals surface area contributed by atoms with Gasteiger partial charge in [0, 0.05) is 20.5 Å². The summed E-state index contributed by atoms with van der Waals surface area (Å²) in [4.78, 5) is 4.03. The van der Waals surface area contributed by atoms with Crippen LogP contribution in [0.1, 0.15) is 70.2 Å². The number of benzene rings is 4. The largest absolute Gasteiger partial charge is 0.387 e. The zero-order valence-corrected chi connectivity index (χ0v) is 27.3. The molecule has 5 nitrogen and oxygen atoms in total. The van der Waals surface area contributed by atoms with E-state index in [1.54, 1.807) is 20.3 Å².